The summed E-state index contributed by atoms with van der Waals surface area (Å²) in [6.45, 7) is 3.99. The fraction of sp³-hybridized carbons (Fsp3) is 0.529. The lowest BCUT2D eigenvalue weighted by molar-refractivity contribution is -0.0378. The number of furan rings is 1. The topological polar surface area (TPSA) is 33.4 Å². The summed E-state index contributed by atoms with van der Waals surface area (Å²) < 4.78 is 5.89. The Morgan fingerprint density at radius 1 is 1.16 bits per heavy atom. The number of benzene rings is 1. The van der Waals surface area contributed by atoms with E-state index in [0.717, 1.165) is 29.6 Å². The third-order valence-corrected chi connectivity index (χ3v) is 4.57. The second-order valence-electron chi connectivity index (χ2n) is 6.13. The van der Waals surface area contributed by atoms with Crippen LogP contribution in [0, 0.1) is 12.8 Å². The molecule has 102 valence electrons. The van der Waals surface area contributed by atoms with Gasteiger partial charge in [0.25, 0.3) is 0 Å². The summed E-state index contributed by atoms with van der Waals surface area (Å²) in [5.74, 6) is 1.04. The normalized spacial score (nSPS) is 20.6. The molecule has 1 saturated carbocycles. The van der Waals surface area contributed by atoms with Crippen molar-refractivity contribution in [3.05, 3.63) is 35.6 Å². The molecule has 1 N–H and O–H groups in total. The Kier molecular flexibility index (Phi) is 3.14. The molecule has 1 aliphatic rings. The van der Waals surface area contributed by atoms with E-state index in [2.05, 4.69) is 13.0 Å². The van der Waals surface area contributed by atoms with Crippen LogP contribution in [0.2, 0.25) is 0 Å². The fourth-order valence-corrected chi connectivity index (χ4v) is 3.28. The van der Waals surface area contributed by atoms with Gasteiger partial charge in [-0.3, -0.25) is 0 Å². The van der Waals surface area contributed by atoms with Gasteiger partial charge in [-0.05, 0) is 50.8 Å². The van der Waals surface area contributed by atoms with E-state index in [1.807, 2.05) is 25.1 Å². The quantitative estimate of drug-likeness (QED) is 0.858. The van der Waals surface area contributed by atoms with Crippen LogP contribution in [0.15, 0.2) is 28.7 Å². The Morgan fingerprint density at radius 3 is 2.63 bits per heavy atom. The van der Waals surface area contributed by atoms with Gasteiger partial charge in [0.05, 0.1) is 0 Å². The van der Waals surface area contributed by atoms with Gasteiger partial charge in [-0.2, -0.15) is 0 Å². The molecule has 0 aliphatic heterocycles. The predicted octanol–water partition coefficient (Wildman–Crippen LogP) is 4.53. The second kappa shape index (κ2) is 4.68. The van der Waals surface area contributed by atoms with Crippen molar-refractivity contribution < 1.29 is 9.52 Å². The summed E-state index contributed by atoms with van der Waals surface area (Å²) in [6, 6.07) is 8.16. The monoisotopic (exact) mass is 258 g/mol. The largest absolute Gasteiger partial charge is 0.458 e. The summed E-state index contributed by atoms with van der Waals surface area (Å²) in [7, 11) is 0. The highest BCUT2D eigenvalue weighted by Gasteiger charge is 2.37. The van der Waals surface area contributed by atoms with Crippen LogP contribution >= 0.6 is 0 Å². The lowest BCUT2D eigenvalue weighted by Gasteiger charge is -2.33. The van der Waals surface area contributed by atoms with Gasteiger partial charge in [-0.1, -0.05) is 30.9 Å². The first kappa shape index (κ1) is 12.7. The average molecular weight is 258 g/mol. The molecule has 1 aromatic carbocycles. The first-order chi connectivity index (χ1) is 9.07. The number of aryl methyl sites for hydroxylation is 1. The van der Waals surface area contributed by atoms with Crippen LogP contribution < -0.4 is 0 Å². The van der Waals surface area contributed by atoms with Crippen molar-refractivity contribution in [2.45, 2.75) is 51.6 Å². The SMILES string of the molecule is Cc1ccc2oc(C(C)(O)C3CCCCC3)cc2c1. The molecule has 1 unspecified atom stereocenters. The molecule has 2 nitrogen and oxygen atoms in total. The Bertz CT molecular complexity index is 574. The zero-order valence-electron chi connectivity index (χ0n) is 11.8. The van der Waals surface area contributed by atoms with E-state index < -0.39 is 5.60 Å². The zero-order chi connectivity index (χ0) is 13.5. The number of hydrogen-bond acceptors (Lipinski definition) is 2. The maximum atomic E-state index is 10.9. The molecule has 3 rings (SSSR count). The van der Waals surface area contributed by atoms with Gasteiger partial charge >= 0.3 is 0 Å². The van der Waals surface area contributed by atoms with Gasteiger partial charge in [-0.15, -0.1) is 0 Å². The molecule has 0 bridgehead atoms. The minimum absolute atomic E-state index is 0.322. The van der Waals surface area contributed by atoms with E-state index in [-0.39, 0.29) is 0 Å². The Labute approximate surface area is 114 Å². The third-order valence-electron chi connectivity index (χ3n) is 4.57. The van der Waals surface area contributed by atoms with Gasteiger partial charge in [0, 0.05) is 5.39 Å². The van der Waals surface area contributed by atoms with Crippen LogP contribution in [0.3, 0.4) is 0 Å². The Hall–Kier alpha value is -1.28. The highest BCUT2D eigenvalue weighted by atomic mass is 16.4. The summed E-state index contributed by atoms with van der Waals surface area (Å²) in [5, 5.41) is 12.0. The zero-order valence-corrected chi connectivity index (χ0v) is 11.8. The molecule has 19 heavy (non-hydrogen) atoms. The summed E-state index contributed by atoms with van der Waals surface area (Å²) in [5.41, 5.74) is 1.25. The Balaban J connectivity index is 1.97. The van der Waals surface area contributed by atoms with Gasteiger partial charge < -0.3 is 9.52 Å². The molecular formula is C17H22O2. The van der Waals surface area contributed by atoms with Crippen molar-refractivity contribution in [2.75, 3.05) is 0 Å². The van der Waals surface area contributed by atoms with Gasteiger partial charge in [0.2, 0.25) is 0 Å². The molecule has 1 atom stereocenters. The van der Waals surface area contributed by atoms with Crippen molar-refractivity contribution in [3.63, 3.8) is 0 Å². The van der Waals surface area contributed by atoms with Gasteiger partial charge in [0.1, 0.15) is 16.9 Å². The van der Waals surface area contributed by atoms with Crippen molar-refractivity contribution in [1.82, 2.24) is 0 Å². The van der Waals surface area contributed by atoms with Crippen LogP contribution in [0.4, 0.5) is 0 Å². The van der Waals surface area contributed by atoms with Crippen LogP contribution in [-0.2, 0) is 5.60 Å². The van der Waals surface area contributed by atoms with Crippen molar-refractivity contribution in [1.29, 1.82) is 0 Å². The van der Waals surface area contributed by atoms with Gasteiger partial charge in [0.15, 0.2) is 0 Å². The van der Waals surface area contributed by atoms with E-state index >= 15 is 0 Å². The number of hydrogen-bond donors (Lipinski definition) is 1. The molecule has 0 radical (unpaired) electrons. The molecule has 2 aromatic rings. The lowest BCUT2D eigenvalue weighted by atomic mass is 9.76. The van der Waals surface area contributed by atoms with Gasteiger partial charge in [-0.25, -0.2) is 0 Å². The number of aliphatic hydroxyl groups is 1. The van der Waals surface area contributed by atoms with E-state index in [1.54, 1.807) is 0 Å². The van der Waals surface area contributed by atoms with Crippen molar-refractivity contribution in [2.24, 2.45) is 5.92 Å². The van der Waals surface area contributed by atoms with E-state index in [4.69, 9.17) is 4.42 Å². The smallest absolute Gasteiger partial charge is 0.136 e. The molecule has 0 amide bonds. The summed E-state index contributed by atoms with van der Waals surface area (Å²) >= 11 is 0. The molecular weight excluding hydrogens is 236 g/mol. The highest BCUT2D eigenvalue weighted by molar-refractivity contribution is 5.78. The molecule has 1 fully saturated rings. The molecule has 2 heteroatoms. The lowest BCUT2D eigenvalue weighted by Crippen LogP contribution is -2.32. The fourth-order valence-electron chi connectivity index (χ4n) is 3.28. The molecule has 0 saturated heterocycles. The first-order valence-corrected chi connectivity index (χ1v) is 7.30. The van der Waals surface area contributed by atoms with Crippen LogP contribution in [0.1, 0.15) is 50.4 Å². The van der Waals surface area contributed by atoms with E-state index in [1.165, 1.54) is 24.8 Å². The van der Waals surface area contributed by atoms with Crippen molar-refractivity contribution in [3.8, 4) is 0 Å². The maximum absolute atomic E-state index is 10.9. The van der Waals surface area contributed by atoms with Crippen LogP contribution in [0.5, 0.6) is 0 Å². The minimum atomic E-state index is -0.840. The van der Waals surface area contributed by atoms with Crippen molar-refractivity contribution >= 4 is 11.0 Å². The molecule has 1 heterocycles. The van der Waals surface area contributed by atoms with Crippen LogP contribution in [0.25, 0.3) is 11.0 Å². The molecule has 0 spiro atoms. The van der Waals surface area contributed by atoms with E-state index in [0.29, 0.717) is 5.92 Å². The summed E-state index contributed by atoms with van der Waals surface area (Å²) in [6.07, 6.45) is 5.94. The Morgan fingerprint density at radius 2 is 1.89 bits per heavy atom. The van der Waals surface area contributed by atoms with E-state index in [9.17, 15) is 5.11 Å². The average Bonchev–Trinajstić information content (AvgIpc) is 2.83. The number of rotatable bonds is 2. The summed E-state index contributed by atoms with van der Waals surface area (Å²) in [4.78, 5) is 0. The molecule has 1 aromatic heterocycles. The first-order valence-electron chi connectivity index (χ1n) is 7.30. The maximum Gasteiger partial charge on any atom is 0.136 e. The number of fused-ring (bicyclic) bond motifs is 1. The predicted molar refractivity (Wildman–Crippen MR) is 77.1 cm³/mol. The standard InChI is InChI=1S/C17H22O2/c1-12-8-9-15-13(10-12)11-16(19-15)17(2,18)14-6-4-3-5-7-14/h8-11,14,18H,3-7H2,1-2H3. The highest BCUT2D eigenvalue weighted by Crippen LogP contribution is 2.40. The second-order valence-corrected chi connectivity index (χ2v) is 6.13. The third kappa shape index (κ3) is 2.30. The minimum Gasteiger partial charge on any atom is -0.458 e. The molecule has 1 aliphatic carbocycles. The van der Waals surface area contributed by atoms with Crippen LogP contribution in [-0.4, -0.2) is 5.11 Å².